The number of nitrogens with two attached hydrogens (primary N) is 1. The molecule has 0 aliphatic heterocycles. The van der Waals surface area contributed by atoms with Gasteiger partial charge in [-0.1, -0.05) is 11.3 Å². The lowest BCUT2D eigenvalue weighted by atomic mass is 10.2. The first kappa shape index (κ1) is 14.7. The maximum Gasteiger partial charge on any atom is 0.265 e. The number of amides is 1. The fraction of sp³-hybridized carbons (Fsp3) is 0.600. The van der Waals surface area contributed by atoms with Gasteiger partial charge in [-0.05, 0) is 6.42 Å². The van der Waals surface area contributed by atoms with Crippen molar-refractivity contribution in [2.24, 2.45) is 0 Å². The Morgan fingerprint density at radius 2 is 2.39 bits per heavy atom. The molecule has 102 valence electrons. The number of aromatic nitrogens is 1. The average molecular weight is 274 g/mol. The van der Waals surface area contributed by atoms with Gasteiger partial charge in [0, 0.05) is 20.7 Å². The van der Waals surface area contributed by atoms with Gasteiger partial charge in [0.15, 0.2) is 5.13 Å². The summed E-state index contributed by atoms with van der Waals surface area (Å²) in [5, 5.41) is 15.5. The Kier molecular flexibility index (Phi) is 5.83. The van der Waals surface area contributed by atoms with E-state index in [0.29, 0.717) is 23.0 Å². The molecule has 0 radical (unpaired) electrons. The number of aliphatic hydroxyl groups excluding tert-OH is 1. The molecule has 0 bridgehead atoms. The molecule has 1 amide bonds. The van der Waals surface area contributed by atoms with Crippen LogP contribution in [0, 0.1) is 0 Å². The highest BCUT2D eigenvalue weighted by atomic mass is 32.1. The van der Waals surface area contributed by atoms with E-state index in [2.05, 4.69) is 15.6 Å². The standard InChI is InChI=1S/C10H18N4O3S/c1-12-10-14-8(11)7(18-10)9(16)13-4-3-6(15)5-17-2/h6,15H,3-5,11H2,1-2H3,(H,12,14)(H,13,16). The molecular weight excluding hydrogens is 256 g/mol. The molecule has 1 unspecified atom stereocenters. The summed E-state index contributed by atoms with van der Waals surface area (Å²) in [4.78, 5) is 16.1. The molecule has 5 N–H and O–H groups in total. The first-order valence-electron chi connectivity index (χ1n) is 5.47. The molecule has 0 fully saturated rings. The summed E-state index contributed by atoms with van der Waals surface area (Å²) in [6.45, 7) is 0.609. The van der Waals surface area contributed by atoms with Gasteiger partial charge in [0.25, 0.3) is 5.91 Å². The van der Waals surface area contributed by atoms with Gasteiger partial charge in [-0.3, -0.25) is 4.79 Å². The van der Waals surface area contributed by atoms with Crippen LogP contribution < -0.4 is 16.4 Å². The van der Waals surface area contributed by atoms with Crippen LogP contribution in [0.1, 0.15) is 16.1 Å². The minimum atomic E-state index is -0.582. The highest BCUT2D eigenvalue weighted by molar-refractivity contribution is 7.18. The number of aliphatic hydroxyl groups is 1. The number of carbonyl (C=O) groups is 1. The average Bonchev–Trinajstić information content (AvgIpc) is 2.71. The van der Waals surface area contributed by atoms with E-state index in [9.17, 15) is 9.90 Å². The van der Waals surface area contributed by atoms with Gasteiger partial charge in [0.05, 0.1) is 12.7 Å². The normalized spacial score (nSPS) is 12.2. The lowest BCUT2D eigenvalue weighted by Crippen LogP contribution is -2.28. The van der Waals surface area contributed by atoms with E-state index in [-0.39, 0.29) is 18.3 Å². The molecule has 0 aliphatic rings. The second kappa shape index (κ2) is 7.14. The Bertz CT molecular complexity index is 396. The second-order valence-electron chi connectivity index (χ2n) is 3.64. The molecule has 0 aromatic carbocycles. The third-order valence-corrected chi connectivity index (χ3v) is 3.28. The van der Waals surface area contributed by atoms with Gasteiger partial charge in [-0.15, -0.1) is 0 Å². The molecule has 7 nitrogen and oxygen atoms in total. The Morgan fingerprint density at radius 3 is 2.94 bits per heavy atom. The Hall–Kier alpha value is -1.38. The number of rotatable bonds is 7. The quantitative estimate of drug-likeness (QED) is 0.552. The van der Waals surface area contributed by atoms with Crippen molar-refractivity contribution in [2.75, 3.05) is 38.4 Å². The number of nitrogens with zero attached hydrogens (tertiary/aromatic N) is 1. The number of hydrogen-bond acceptors (Lipinski definition) is 7. The summed E-state index contributed by atoms with van der Waals surface area (Å²) in [5.74, 6) is -0.0737. The molecule has 18 heavy (non-hydrogen) atoms. The number of anilines is 2. The zero-order valence-corrected chi connectivity index (χ0v) is 11.2. The number of thiazole rings is 1. The van der Waals surface area contributed by atoms with Crippen molar-refractivity contribution in [1.82, 2.24) is 10.3 Å². The van der Waals surface area contributed by atoms with Crippen molar-refractivity contribution in [3.8, 4) is 0 Å². The van der Waals surface area contributed by atoms with Gasteiger partial charge in [-0.2, -0.15) is 0 Å². The van der Waals surface area contributed by atoms with E-state index in [4.69, 9.17) is 10.5 Å². The Morgan fingerprint density at radius 1 is 1.67 bits per heavy atom. The van der Waals surface area contributed by atoms with Crippen LogP contribution in [0.3, 0.4) is 0 Å². The minimum absolute atomic E-state index is 0.208. The van der Waals surface area contributed by atoms with Crippen molar-refractivity contribution < 1.29 is 14.6 Å². The van der Waals surface area contributed by atoms with E-state index in [1.54, 1.807) is 7.05 Å². The predicted octanol–water partition coefficient (Wildman–Crippen LogP) is -0.106. The largest absolute Gasteiger partial charge is 0.391 e. The lowest BCUT2D eigenvalue weighted by molar-refractivity contribution is 0.0588. The van der Waals surface area contributed by atoms with Crippen LogP contribution in [0.25, 0.3) is 0 Å². The summed E-state index contributed by atoms with van der Waals surface area (Å²) in [6, 6.07) is 0. The fourth-order valence-electron chi connectivity index (χ4n) is 1.31. The SMILES string of the molecule is CNc1nc(N)c(C(=O)NCCC(O)COC)s1. The van der Waals surface area contributed by atoms with Gasteiger partial charge in [0.2, 0.25) is 0 Å². The van der Waals surface area contributed by atoms with Crippen molar-refractivity contribution >= 4 is 28.2 Å². The van der Waals surface area contributed by atoms with Gasteiger partial charge in [0.1, 0.15) is 10.7 Å². The topological polar surface area (TPSA) is 110 Å². The molecule has 1 atom stereocenters. The van der Waals surface area contributed by atoms with E-state index in [1.165, 1.54) is 18.4 Å². The number of nitrogen functional groups attached to an aromatic ring is 1. The smallest absolute Gasteiger partial charge is 0.265 e. The highest BCUT2D eigenvalue weighted by Gasteiger charge is 2.15. The molecule has 0 saturated heterocycles. The number of ether oxygens (including phenoxy) is 1. The highest BCUT2D eigenvalue weighted by Crippen LogP contribution is 2.24. The molecule has 1 rings (SSSR count). The number of methoxy groups -OCH3 is 1. The summed E-state index contributed by atoms with van der Waals surface area (Å²) in [7, 11) is 3.22. The maximum atomic E-state index is 11.8. The van der Waals surface area contributed by atoms with Crippen LogP contribution in [0.5, 0.6) is 0 Å². The summed E-state index contributed by atoms with van der Waals surface area (Å²) >= 11 is 1.19. The minimum Gasteiger partial charge on any atom is -0.391 e. The molecule has 0 spiro atoms. The molecular formula is C10H18N4O3S. The predicted molar refractivity (Wildman–Crippen MR) is 70.9 cm³/mol. The van der Waals surface area contributed by atoms with Crippen LogP contribution in [0.2, 0.25) is 0 Å². The molecule has 1 aromatic heterocycles. The van der Waals surface area contributed by atoms with Crippen LogP contribution >= 0.6 is 11.3 Å². The van der Waals surface area contributed by atoms with E-state index >= 15 is 0 Å². The fourth-order valence-corrected chi connectivity index (χ4v) is 2.06. The molecule has 0 saturated carbocycles. The maximum absolute atomic E-state index is 11.8. The number of hydrogen-bond donors (Lipinski definition) is 4. The summed E-state index contributed by atoms with van der Waals surface area (Å²) < 4.78 is 4.78. The molecule has 8 heteroatoms. The van der Waals surface area contributed by atoms with Crippen molar-refractivity contribution in [1.29, 1.82) is 0 Å². The van der Waals surface area contributed by atoms with Crippen LogP contribution in [-0.2, 0) is 4.74 Å². The van der Waals surface area contributed by atoms with Gasteiger partial charge in [-0.25, -0.2) is 4.98 Å². The van der Waals surface area contributed by atoms with Crippen LogP contribution in [-0.4, -0.2) is 49.4 Å². The molecule has 1 heterocycles. The number of nitrogens with one attached hydrogen (secondary N) is 2. The van der Waals surface area contributed by atoms with Crippen LogP contribution in [0.4, 0.5) is 10.9 Å². The third kappa shape index (κ3) is 4.13. The van der Waals surface area contributed by atoms with Crippen molar-refractivity contribution in [3.05, 3.63) is 4.88 Å². The first-order valence-corrected chi connectivity index (χ1v) is 6.29. The lowest BCUT2D eigenvalue weighted by Gasteiger charge is -2.09. The summed E-state index contributed by atoms with van der Waals surface area (Å²) in [6.07, 6.45) is -0.154. The van der Waals surface area contributed by atoms with Crippen LogP contribution in [0.15, 0.2) is 0 Å². The summed E-state index contributed by atoms with van der Waals surface area (Å²) in [5.41, 5.74) is 5.63. The number of carbonyl (C=O) groups excluding carboxylic acids is 1. The van der Waals surface area contributed by atoms with E-state index in [0.717, 1.165) is 0 Å². The zero-order valence-electron chi connectivity index (χ0n) is 10.4. The van der Waals surface area contributed by atoms with Gasteiger partial charge < -0.3 is 26.2 Å². The van der Waals surface area contributed by atoms with Crippen molar-refractivity contribution in [2.45, 2.75) is 12.5 Å². The van der Waals surface area contributed by atoms with E-state index in [1.807, 2.05) is 0 Å². The van der Waals surface area contributed by atoms with E-state index < -0.39 is 6.10 Å². The molecule has 0 aliphatic carbocycles. The Balaban J connectivity index is 2.43. The van der Waals surface area contributed by atoms with Crippen molar-refractivity contribution in [3.63, 3.8) is 0 Å². The Labute approximate surface area is 109 Å². The third-order valence-electron chi connectivity index (χ3n) is 2.20. The molecule has 1 aromatic rings. The van der Waals surface area contributed by atoms with Gasteiger partial charge >= 0.3 is 0 Å². The second-order valence-corrected chi connectivity index (χ2v) is 4.64. The first-order chi connectivity index (χ1) is 8.58. The monoisotopic (exact) mass is 274 g/mol. The zero-order chi connectivity index (χ0) is 13.5.